The standard InChI is InChI=1S/C12H17NS2/c1-4-9(13)5-10-8(3)11-7(2)6-14-12(11)15-10/h6,9H,4-5,13H2,1-3H3. The second-order valence-corrected chi connectivity index (χ2v) is 6.35. The number of nitrogens with two attached hydrogens (primary N) is 1. The molecule has 0 spiro atoms. The van der Waals surface area contributed by atoms with Crippen molar-refractivity contribution < 1.29 is 0 Å². The molecule has 1 nitrogen and oxygen atoms in total. The van der Waals surface area contributed by atoms with E-state index in [1.165, 1.54) is 25.4 Å². The van der Waals surface area contributed by atoms with Crippen molar-refractivity contribution in [2.45, 2.75) is 39.7 Å². The van der Waals surface area contributed by atoms with Crippen molar-refractivity contribution in [1.82, 2.24) is 0 Å². The molecule has 1 atom stereocenters. The highest BCUT2D eigenvalue weighted by Crippen LogP contribution is 2.37. The molecule has 2 N–H and O–H groups in total. The van der Waals surface area contributed by atoms with E-state index < -0.39 is 0 Å². The normalized spacial score (nSPS) is 13.6. The Balaban J connectivity index is 2.40. The molecular formula is C12H17NS2. The van der Waals surface area contributed by atoms with Crippen LogP contribution in [0, 0.1) is 13.8 Å². The fourth-order valence-electron chi connectivity index (χ4n) is 1.85. The Bertz CT molecular complexity index is 467. The summed E-state index contributed by atoms with van der Waals surface area (Å²) >= 11 is 3.79. The van der Waals surface area contributed by atoms with E-state index in [0.29, 0.717) is 6.04 Å². The van der Waals surface area contributed by atoms with Crippen LogP contribution in [-0.4, -0.2) is 6.04 Å². The van der Waals surface area contributed by atoms with Gasteiger partial charge < -0.3 is 5.73 Å². The molecule has 0 saturated carbocycles. The summed E-state index contributed by atoms with van der Waals surface area (Å²) in [6.45, 7) is 6.58. The smallest absolute Gasteiger partial charge is 0.0873 e. The third-order valence-corrected chi connectivity index (χ3v) is 5.46. The third kappa shape index (κ3) is 1.96. The number of hydrogen-bond donors (Lipinski definition) is 1. The predicted molar refractivity (Wildman–Crippen MR) is 71.1 cm³/mol. The second kappa shape index (κ2) is 4.24. The first kappa shape index (κ1) is 11.1. The van der Waals surface area contributed by atoms with Crippen LogP contribution in [0.25, 0.3) is 9.40 Å². The van der Waals surface area contributed by atoms with Crippen molar-refractivity contribution in [1.29, 1.82) is 0 Å². The molecule has 0 radical (unpaired) electrons. The summed E-state index contributed by atoms with van der Waals surface area (Å²) in [6.07, 6.45) is 2.10. The summed E-state index contributed by atoms with van der Waals surface area (Å²) in [7, 11) is 0. The molecule has 1 unspecified atom stereocenters. The topological polar surface area (TPSA) is 26.0 Å². The molecule has 0 aromatic carbocycles. The second-order valence-electron chi connectivity index (χ2n) is 4.10. The monoisotopic (exact) mass is 239 g/mol. The van der Waals surface area contributed by atoms with Crippen LogP contribution in [0.3, 0.4) is 0 Å². The van der Waals surface area contributed by atoms with Crippen LogP contribution in [0.1, 0.15) is 29.3 Å². The van der Waals surface area contributed by atoms with E-state index in [0.717, 1.165) is 12.8 Å². The lowest BCUT2D eigenvalue weighted by molar-refractivity contribution is 0.650. The zero-order valence-electron chi connectivity index (χ0n) is 9.46. The molecule has 15 heavy (non-hydrogen) atoms. The Kier molecular flexibility index (Phi) is 3.14. The van der Waals surface area contributed by atoms with E-state index in [1.54, 1.807) is 0 Å². The van der Waals surface area contributed by atoms with Gasteiger partial charge in [-0.1, -0.05) is 6.92 Å². The van der Waals surface area contributed by atoms with Crippen molar-refractivity contribution in [3.63, 3.8) is 0 Å². The lowest BCUT2D eigenvalue weighted by Crippen LogP contribution is -2.21. The first-order valence-electron chi connectivity index (χ1n) is 5.35. The number of rotatable bonds is 3. The maximum Gasteiger partial charge on any atom is 0.0873 e. The highest BCUT2D eigenvalue weighted by Gasteiger charge is 2.13. The Hall–Kier alpha value is -0.380. The van der Waals surface area contributed by atoms with Crippen molar-refractivity contribution in [2.75, 3.05) is 0 Å². The molecule has 2 aromatic heterocycles. The molecule has 0 aliphatic carbocycles. The Morgan fingerprint density at radius 3 is 2.73 bits per heavy atom. The Morgan fingerprint density at radius 2 is 2.13 bits per heavy atom. The summed E-state index contributed by atoms with van der Waals surface area (Å²) in [5, 5.41) is 3.72. The van der Waals surface area contributed by atoms with Crippen LogP contribution in [-0.2, 0) is 6.42 Å². The molecule has 0 bridgehead atoms. The summed E-state index contributed by atoms with van der Waals surface area (Å²) in [4.78, 5) is 1.48. The van der Waals surface area contributed by atoms with Gasteiger partial charge in [0.15, 0.2) is 0 Å². The van der Waals surface area contributed by atoms with Gasteiger partial charge in [-0.15, -0.1) is 22.7 Å². The van der Waals surface area contributed by atoms with Gasteiger partial charge in [0.1, 0.15) is 0 Å². The number of fused-ring (bicyclic) bond motifs is 1. The molecule has 2 heterocycles. The van der Waals surface area contributed by atoms with Crippen LogP contribution >= 0.6 is 22.7 Å². The van der Waals surface area contributed by atoms with Crippen LogP contribution in [0.15, 0.2) is 5.38 Å². The zero-order chi connectivity index (χ0) is 11.0. The lowest BCUT2D eigenvalue weighted by atomic mass is 10.1. The largest absolute Gasteiger partial charge is 0.327 e. The fraction of sp³-hybridized carbons (Fsp3) is 0.500. The number of thiophene rings is 2. The van der Waals surface area contributed by atoms with Crippen LogP contribution in [0.5, 0.6) is 0 Å². The summed E-state index contributed by atoms with van der Waals surface area (Å²) in [5.74, 6) is 0. The van der Waals surface area contributed by atoms with Crippen LogP contribution in [0.4, 0.5) is 0 Å². The van der Waals surface area contributed by atoms with E-state index in [1.807, 2.05) is 22.7 Å². The Morgan fingerprint density at radius 1 is 1.40 bits per heavy atom. The van der Waals surface area contributed by atoms with Gasteiger partial charge in [-0.25, -0.2) is 0 Å². The van der Waals surface area contributed by atoms with Gasteiger partial charge in [0.2, 0.25) is 0 Å². The van der Waals surface area contributed by atoms with Crippen molar-refractivity contribution in [3.8, 4) is 0 Å². The van der Waals surface area contributed by atoms with Crippen molar-refractivity contribution in [3.05, 3.63) is 21.4 Å². The van der Waals surface area contributed by atoms with Crippen molar-refractivity contribution >= 4 is 32.1 Å². The minimum atomic E-state index is 0.316. The van der Waals surface area contributed by atoms with E-state index in [9.17, 15) is 0 Å². The van der Waals surface area contributed by atoms with E-state index in [2.05, 4.69) is 26.2 Å². The van der Waals surface area contributed by atoms with Crippen molar-refractivity contribution in [2.24, 2.45) is 5.73 Å². The number of aryl methyl sites for hydroxylation is 2. The van der Waals surface area contributed by atoms with Gasteiger partial charge in [0.05, 0.1) is 4.01 Å². The number of hydrogen-bond acceptors (Lipinski definition) is 3. The van der Waals surface area contributed by atoms with Gasteiger partial charge in [-0.3, -0.25) is 0 Å². The molecule has 82 valence electrons. The quantitative estimate of drug-likeness (QED) is 0.865. The van der Waals surface area contributed by atoms with E-state index in [4.69, 9.17) is 5.73 Å². The van der Waals surface area contributed by atoms with E-state index in [-0.39, 0.29) is 0 Å². The van der Waals surface area contributed by atoms with Gasteiger partial charge in [0, 0.05) is 16.3 Å². The minimum Gasteiger partial charge on any atom is -0.327 e. The lowest BCUT2D eigenvalue weighted by Gasteiger charge is -2.07. The molecule has 2 rings (SSSR count). The van der Waals surface area contributed by atoms with Gasteiger partial charge in [0.25, 0.3) is 0 Å². The molecule has 0 saturated heterocycles. The minimum absolute atomic E-state index is 0.316. The molecule has 2 aromatic rings. The van der Waals surface area contributed by atoms with Crippen LogP contribution < -0.4 is 5.73 Å². The third-order valence-electron chi connectivity index (χ3n) is 2.92. The van der Waals surface area contributed by atoms with Crippen LogP contribution in [0.2, 0.25) is 0 Å². The average Bonchev–Trinajstić information content (AvgIpc) is 2.71. The molecule has 0 aliphatic heterocycles. The van der Waals surface area contributed by atoms with E-state index >= 15 is 0 Å². The van der Waals surface area contributed by atoms with Gasteiger partial charge in [-0.05, 0) is 43.2 Å². The highest BCUT2D eigenvalue weighted by atomic mass is 32.2. The molecule has 3 heteroatoms. The Labute approximate surface area is 98.9 Å². The predicted octanol–water partition coefficient (Wildman–Crippen LogP) is 3.86. The highest BCUT2D eigenvalue weighted by molar-refractivity contribution is 7.37. The first-order chi connectivity index (χ1) is 7.13. The molecule has 0 aliphatic rings. The molecule has 0 fully saturated rings. The average molecular weight is 239 g/mol. The zero-order valence-corrected chi connectivity index (χ0v) is 11.1. The first-order valence-corrected chi connectivity index (χ1v) is 7.04. The fourth-order valence-corrected chi connectivity index (χ4v) is 4.51. The van der Waals surface area contributed by atoms with Gasteiger partial charge >= 0.3 is 0 Å². The SMILES string of the molecule is CCC(N)Cc1sc2scc(C)c2c1C. The summed E-state index contributed by atoms with van der Waals surface area (Å²) in [6, 6.07) is 0.316. The summed E-state index contributed by atoms with van der Waals surface area (Å²) in [5.41, 5.74) is 8.89. The molecule has 0 amide bonds. The summed E-state index contributed by atoms with van der Waals surface area (Å²) < 4.78 is 1.46. The maximum atomic E-state index is 6.01. The van der Waals surface area contributed by atoms with Gasteiger partial charge in [-0.2, -0.15) is 0 Å². The molecular weight excluding hydrogens is 222 g/mol. The maximum absolute atomic E-state index is 6.01.